The molecule has 0 spiro atoms. The number of β-amino-alcohol motifs (C(OH)–C–C–N with tert-alkyl or cyclic N) is 1. The summed E-state index contributed by atoms with van der Waals surface area (Å²) in [5, 5.41) is 14.5. The quantitative estimate of drug-likeness (QED) is 0.885. The summed E-state index contributed by atoms with van der Waals surface area (Å²) < 4.78 is 1.50. The van der Waals surface area contributed by atoms with Gasteiger partial charge in [-0.15, -0.1) is 0 Å². The standard InChI is InChI=1S/C18H22N4O3/c1-13-8-16(20(2)19-13)18(25)22-11-15(23)10-21(17(24)12-22)9-14-6-4-3-5-7-14/h3-8,15,23H,9-12H2,1-2H3/t15-/m0/s1. The fourth-order valence-corrected chi connectivity index (χ4v) is 3.08. The zero-order valence-corrected chi connectivity index (χ0v) is 14.4. The van der Waals surface area contributed by atoms with Crippen LogP contribution in [0.1, 0.15) is 21.7 Å². The van der Waals surface area contributed by atoms with Crippen molar-refractivity contribution in [3.05, 3.63) is 53.3 Å². The maximum Gasteiger partial charge on any atom is 0.272 e. The second-order valence-corrected chi connectivity index (χ2v) is 6.39. The van der Waals surface area contributed by atoms with Crippen LogP contribution in [0.25, 0.3) is 0 Å². The summed E-state index contributed by atoms with van der Waals surface area (Å²) >= 11 is 0. The topological polar surface area (TPSA) is 78.7 Å². The van der Waals surface area contributed by atoms with Crippen LogP contribution in [0.2, 0.25) is 0 Å². The van der Waals surface area contributed by atoms with Gasteiger partial charge in [-0.3, -0.25) is 14.3 Å². The van der Waals surface area contributed by atoms with Gasteiger partial charge in [0, 0.05) is 26.7 Å². The Morgan fingerprint density at radius 3 is 2.64 bits per heavy atom. The number of aromatic nitrogens is 2. The molecule has 2 heterocycles. The third-order valence-corrected chi connectivity index (χ3v) is 4.27. The van der Waals surface area contributed by atoms with Gasteiger partial charge in [0.15, 0.2) is 0 Å². The number of hydrogen-bond acceptors (Lipinski definition) is 4. The van der Waals surface area contributed by atoms with Crippen LogP contribution in [0.3, 0.4) is 0 Å². The third kappa shape index (κ3) is 3.88. The van der Waals surface area contributed by atoms with Gasteiger partial charge >= 0.3 is 0 Å². The zero-order chi connectivity index (χ0) is 18.0. The van der Waals surface area contributed by atoms with Crippen LogP contribution >= 0.6 is 0 Å². The SMILES string of the molecule is Cc1cc(C(=O)N2CC(=O)N(Cc3ccccc3)C[C@H](O)C2)n(C)n1. The Bertz CT molecular complexity index is 772. The summed E-state index contributed by atoms with van der Waals surface area (Å²) in [6.45, 7) is 2.51. The molecule has 3 rings (SSSR count). The number of carbonyl (C=O) groups excluding carboxylic acids is 2. The van der Waals surface area contributed by atoms with Crippen LogP contribution in [-0.2, 0) is 18.4 Å². The van der Waals surface area contributed by atoms with Crippen molar-refractivity contribution in [2.75, 3.05) is 19.6 Å². The van der Waals surface area contributed by atoms with Gasteiger partial charge in [-0.05, 0) is 18.6 Å². The number of hydrogen-bond donors (Lipinski definition) is 1. The van der Waals surface area contributed by atoms with Crippen LogP contribution in [0.15, 0.2) is 36.4 Å². The van der Waals surface area contributed by atoms with E-state index in [1.807, 2.05) is 30.3 Å². The van der Waals surface area contributed by atoms with Gasteiger partial charge in [0.2, 0.25) is 5.91 Å². The molecular formula is C18H22N4O3. The molecule has 2 amide bonds. The highest BCUT2D eigenvalue weighted by Gasteiger charge is 2.31. The van der Waals surface area contributed by atoms with Crippen molar-refractivity contribution < 1.29 is 14.7 Å². The fraction of sp³-hybridized carbons (Fsp3) is 0.389. The summed E-state index contributed by atoms with van der Waals surface area (Å²) in [6, 6.07) is 11.3. The molecule has 132 valence electrons. The van der Waals surface area contributed by atoms with E-state index in [1.54, 1.807) is 24.9 Å². The first-order valence-electron chi connectivity index (χ1n) is 8.23. The first-order valence-corrected chi connectivity index (χ1v) is 8.23. The number of aliphatic hydroxyl groups excluding tert-OH is 1. The van der Waals surface area contributed by atoms with E-state index in [0.717, 1.165) is 11.3 Å². The average Bonchev–Trinajstić information content (AvgIpc) is 2.84. The van der Waals surface area contributed by atoms with Crippen molar-refractivity contribution in [2.45, 2.75) is 19.6 Å². The molecule has 1 fully saturated rings. The van der Waals surface area contributed by atoms with Crippen molar-refractivity contribution in [3.63, 3.8) is 0 Å². The van der Waals surface area contributed by atoms with Crippen molar-refractivity contribution in [3.8, 4) is 0 Å². The minimum atomic E-state index is -0.784. The largest absolute Gasteiger partial charge is 0.389 e. The van der Waals surface area contributed by atoms with Crippen LogP contribution in [-0.4, -0.2) is 62.2 Å². The predicted molar refractivity (Wildman–Crippen MR) is 91.7 cm³/mol. The van der Waals surface area contributed by atoms with E-state index in [2.05, 4.69) is 5.10 Å². The smallest absolute Gasteiger partial charge is 0.272 e. The average molecular weight is 342 g/mol. The molecule has 1 saturated heterocycles. The monoisotopic (exact) mass is 342 g/mol. The molecular weight excluding hydrogens is 320 g/mol. The summed E-state index contributed by atoms with van der Waals surface area (Å²) in [7, 11) is 1.69. The maximum absolute atomic E-state index is 12.7. The molecule has 1 N–H and O–H groups in total. The van der Waals surface area contributed by atoms with E-state index < -0.39 is 6.10 Å². The molecule has 1 aliphatic rings. The Balaban J connectivity index is 1.76. The molecule has 0 unspecified atom stereocenters. The number of nitrogens with zero attached hydrogens (tertiary/aromatic N) is 4. The minimum absolute atomic E-state index is 0.0487. The number of carbonyl (C=O) groups is 2. The molecule has 0 radical (unpaired) electrons. The second-order valence-electron chi connectivity index (χ2n) is 6.39. The Hall–Kier alpha value is -2.67. The molecule has 1 atom stereocenters. The van der Waals surface area contributed by atoms with Gasteiger partial charge in [0.1, 0.15) is 12.2 Å². The summed E-state index contributed by atoms with van der Waals surface area (Å²) in [5.74, 6) is -0.468. The highest BCUT2D eigenvalue weighted by Crippen LogP contribution is 2.14. The number of benzene rings is 1. The summed E-state index contributed by atoms with van der Waals surface area (Å²) in [6.07, 6.45) is -0.784. The van der Waals surface area contributed by atoms with Gasteiger partial charge < -0.3 is 14.9 Å². The lowest BCUT2D eigenvalue weighted by molar-refractivity contribution is -0.131. The first kappa shape index (κ1) is 17.2. The van der Waals surface area contributed by atoms with E-state index in [9.17, 15) is 14.7 Å². The molecule has 0 saturated carbocycles. The molecule has 0 bridgehead atoms. The first-order chi connectivity index (χ1) is 11.9. The normalized spacial score (nSPS) is 18.4. The van der Waals surface area contributed by atoms with Crippen LogP contribution in [0, 0.1) is 6.92 Å². The van der Waals surface area contributed by atoms with Crippen molar-refractivity contribution in [1.29, 1.82) is 0 Å². The lowest BCUT2D eigenvalue weighted by atomic mass is 10.2. The Kier molecular flexibility index (Phi) is 4.85. The van der Waals surface area contributed by atoms with E-state index >= 15 is 0 Å². The number of aliphatic hydroxyl groups is 1. The fourth-order valence-electron chi connectivity index (χ4n) is 3.08. The van der Waals surface area contributed by atoms with Gasteiger partial charge in [-0.1, -0.05) is 30.3 Å². The van der Waals surface area contributed by atoms with Crippen LogP contribution in [0.4, 0.5) is 0 Å². The van der Waals surface area contributed by atoms with Crippen LogP contribution in [0.5, 0.6) is 0 Å². The lowest BCUT2D eigenvalue weighted by Crippen LogP contribution is -2.40. The van der Waals surface area contributed by atoms with E-state index in [-0.39, 0.29) is 31.4 Å². The number of aryl methyl sites for hydroxylation is 2. The zero-order valence-electron chi connectivity index (χ0n) is 14.4. The molecule has 0 aliphatic carbocycles. The number of amides is 2. The third-order valence-electron chi connectivity index (χ3n) is 4.27. The summed E-state index contributed by atoms with van der Waals surface area (Å²) in [5.41, 5.74) is 2.14. The molecule has 1 aromatic carbocycles. The molecule has 7 heteroatoms. The highest BCUT2D eigenvalue weighted by molar-refractivity contribution is 5.95. The highest BCUT2D eigenvalue weighted by atomic mass is 16.3. The maximum atomic E-state index is 12.7. The van der Waals surface area contributed by atoms with Gasteiger partial charge in [-0.2, -0.15) is 5.10 Å². The lowest BCUT2D eigenvalue weighted by Gasteiger charge is -2.22. The van der Waals surface area contributed by atoms with Gasteiger partial charge in [-0.25, -0.2) is 0 Å². The van der Waals surface area contributed by atoms with Crippen molar-refractivity contribution >= 4 is 11.8 Å². The number of rotatable bonds is 3. The van der Waals surface area contributed by atoms with Gasteiger partial charge in [0.05, 0.1) is 11.8 Å². The Labute approximate surface area is 146 Å². The molecule has 2 aromatic rings. The van der Waals surface area contributed by atoms with E-state index in [4.69, 9.17) is 0 Å². The van der Waals surface area contributed by atoms with Crippen molar-refractivity contribution in [1.82, 2.24) is 19.6 Å². The molecule has 7 nitrogen and oxygen atoms in total. The molecule has 1 aliphatic heterocycles. The Morgan fingerprint density at radius 2 is 2.00 bits per heavy atom. The molecule has 25 heavy (non-hydrogen) atoms. The van der Waals surface area contributed by atoms with E-state index in [0.29, 0.717) is 12.2 Å². The minimum Gasteiger partial charge on any atom is -0.389 e. The van der Waals surface area contributed by atoms with E-state index in [1.165, 1.54) is 9.58 Å². The van der Waals surface area contributed by atoms with Gasteiger partial charge in [0.25, 0.3) is 5.91 Å². The van der Waals surface area contributed by atoms with Crippen molar-refractivity contribution in [2.24, 2.45) is 7.05 Å². The molecule has 1 aromatic heterocycles. The predicted octanol–water partition coefficient (Wildman–Crippen LogP) is 0.574. The Morgan fingerprint density at radius 1 is 1.28 bits per heavy atom. The second kappa shape index (κ2) is 7.06. The van der Waals surface area contributed by atoms with Crippen LogP contribution < -0.4 is 0 Å². The summed E-state index contributed by atoms with van der Waals surface area (Å²) in [4.78, 5) is 28.3.